The maximum Gasteiger partial charge on any atom is 0.248 e. The first kappa shape index (κ1) is 22.7. The summed E-state index contributed by atoms with van der Waals surface area (Å²) in [5, 5.41) is 0. The van der Waals surface area contributed by atoms with Gasteiger partial charge in [-0.05, 0) is 61.3 Å². The lowest BCUT2D eigenvalue weighted by molar-refractivity contribution is 0.100. The van der Waals surface area contributed by atoms with Crippen molar-refractivity contribution in [1.82, 2.24) is 14.9 Å². The van der Waals surface area contributed by atoms with Crippen LogP contribution in [0.2, 0.25) is 0 Å². The van der Waals surface area contributed by atoms with Gasteiger partial charge in [0.1, 0.15) is 5.75 Å². The van der Waals surface area contributed by atoms with Crippen LogP contribution in [0.3, 0.4) is 0 Å². The number of aromatic nitrogens is 2. The Labute approximate surface area is 195 Å². The zero-order valence-corrected chi connectivity index (χ0v) is 19.5. The van der Waals surface area contributed by atoms with Gasteiger partial charge in [0, 0.05) is 43.9 Å². The summed E-state index contributed by atoms with van der Waals surface area (Å²) in [4.78, 5) is 25.6. The molecule has 2 aromatic carbocycles. The smallest absolute Gasteiger partial charge is 0.248 e. The van der Waals surface area contributed by atoms with Gasteiger partial charge in [0.25, 0.3) is 0 Å². The molecule has 0 spiro atoms. The number of benzene rings is 2. The summed E-state index contributed by atoms with van der Waals surface area (Å²) in [5.41, 5.74) is 10.2. The van der Waals surface area contributed by atoms with Crippen molar-refractivity contribution in [3.05, 3.63) is 71.5 Å². The topological polar surface area (TPSA) is 84.6 Å². The normalized spacial score (nSPS) is 14.8. The van der Waals surface area contributed by atoms with Crippen molar-refractivity contribution in [3.63, 3.8) is 0 Å². The van der Waals surface area contributed by atoms with Gasteiger partial charge in [-0.1, -0.05) is 24.3 Å². The maximum absolute atomic E-state index is 11.7. The van der Waals surface area contributed by atoms with Crippen LogP contribution in [-0.2, 0) is 6.54 Å². The average molecular weight is 446 g/mol. The zero-order chi connectivity index (χ0) is 23.4. The number of piperidine rings is 1. The maximum atomic E-state index is 11.7. The van der Waals surface area contributed by atoms with E-state index in [1.165, 1.54) is 5.56 Å². The van der Waals surface area contributed by atoms with Crippen LogP contribution in [-0.4, -0.2) is 55.1 Å². The summed E-state index contributed by atoms with van der Waals surface area (Å²) in [6.07, 6.45) is 3.90. The summed E-state index contributed by atoms with van der Waals surface area (Å²) >= 11 is 0. The molecule has 33 heavy (non-hydrogen) atoms. The van der Waals surface area contributed by atoms with Gasteiger partial charge in [0.15, 0.2) is 0 Å². The zero-order valence-electron chi connectivity index (χ0n) is 19.5. The monoisotopic (exact) mass is 445 g/mol. The Morgan fingerprint density at radius 3 is 2.61 bits per heavy atom. The Morgan fingerprint density at radius 2 is 1.91 bits per heavy atom. The molecule has 0 atom stereocenters. The lowest BCUT2D eigenvalue weighted by atomic mass is 9.88. The summed E-state index contributed by atoms with van der Waals surface area (Å²) < 4.78 is 5.36. The van der Waals surface area contributed by atoms with Gasteiger partial charge in [-0.15, -0.1) is 0 Å². The molecule has 0 aliphatic carbocycles. The molecule has 0 saturated carbocycles. The first-order chi connectivity index (χ1) is 15.9. The Kier molecular flexibility index (Phi) is 6.89. The van der Waals surface area contributed by atoms with E-state index >= 15 is 0 Å². The molecule has 1 fully saturated rings. The molecule has 1 aromatic heterocycles. The van der Waals surface area contributed by atoms with Gasteiger partial charge in [0.05, 0.1) is 12.8 Å². The quantitative estimate of drug-likeness (QED) is 0.597. The fourth-order valence-corrected chi connectivity index (χ4v) is 4.37. The molecule has 1 aliphatic rings. The Balaban J connectivity index is 1.56. The van der Waals surface area contributed by atoms with E-state index in [2.05, 4.69) is 22.0 Å². The molecule has 1 amide bonds. The van der Waals surface area contributed by atoms with Gasteiger partial charge in [-0.25, -0.2) is 9.97 Å². The first-order valence-corrected chi connectivity index (χ1v) is 11.2. The number of carbonyl (C=O) groups excluding carboxylic acids is 1. The van der Waals surface area contributed by atoms with Crippen molar-refractivity contribution in [2.45, 2.75) is 25.3 Å². The van der Waals surface area contributed by atoms with Crippen LogP contribution in [0.5, 0.6) is 5.75 Å². The molecule has 0 bridgehead atoms. The number of nitrogens with zero attached hydrogens (tertiary/aromatic N) is 4. The molecule has 2 heterocycles. The molecule has 0 unspecified atom stereocenters. The van der Waals surface area contributed by atoms with Gasteiger partial charge in [0.2, 0.25) is 11.9 Å². The van der Waals surface area contributed by atoms with Crippen molar-refractivity contribution >= 4 is 11.9 Å². The largest absolute Gasteiger partial charge is 0.497 e. The highest BCUT2D eigenvalue weighted by molar-refractivity contribution is 5.94. The van der Waals surface area contributed by atoms with Crippen LogP contribution < -0.4 is 15.4 Å². The Hall–Kier alpha value is -3.45. The van der Waals surface area contributed by atoms with Crippen molar-refractivity contribution < 1.29 is 9.53 Å². The highest BCUT2D eigenvalue weighted by Gasteiger charge is 2.25. The third kappa shape index (κ3) is 5.31. The van der Waals surface area contributed by atoms with E-state index in [4.69, 9.17) is 15.5 Å². The van der Waals surface area contributed by atoms with E-state index in [0.717, 1.165) is 55.0 Å². The van der Waals surface area contributed by atoms with Crippen LogP contribution in [0.1, 0.15) is 40.4 Å². The number of methoxy groups -OCH3 is 1. The standard InChI is InChI=1S/C26H31N5O2/c1-30(2)26-28-16-23(20-7-5-8-21(15-20)25(27)32)24(29-26)19-10-12-31(13-11-19)17-18-6-4-9-22(14-18)33-3/h4-9,14-16,19H,10-13,17H2,1-3H3,(H2,27,32). The highest BCUT2D eigenvalue weighted by atomic mass is 16.5. The minimum absolute atomic E-state index is 0.320. The summed E-state index contributed by atoms with van der Waals surface area (Å²) in [6, 6.07) is 15.7. The van der Waals surface area contributed by atoms with E-state index in [1.54, 1.807) is 13.2 Å². The number of carbonyl (C=O) groups is 1. The molecule has 172 valence electrons. The third-order valence-electron chi connectivity index (χ3n) is 6.18. The van der Waals surface area contributed by atoms with E-state index in [0.29, 0.717) is 17.4 Å². The van der Waals surface area contributed by atoms with Gasteiger partial charge in [-0.3, -0.25) is 9.69 Å². The number of rotatable bonds is 7. The summed E-state index contributed by atoms with van der Waals surface area (Å²) in [5.74, 6) is 1.47. The number of hydrogen-bond donors (Lipinski definition) is 1. The van der Waals surface area contributed by atoms with Crippen molar-refractivity contribution in [2.24, 2.45) is 5.73 Å². The number of primary amides is 1. The molecular formula is C26H31N5O2. The summed E-state index contributed by atoms with van der Waals surface area (Å²) in [7, 11) is 5.59. The molecule has 3 aromatic rings. The van der Waals surface area contributed by atoms with Crippen LogP contribution in [0.4, 0.5) is 5.95 Å². The number of ether oxygens (including phenoxy) is 1. The molecule has 0 radical (unpaired) electrons. The Morgan fingerprint density at radius 1 is 1.15 bits per heavy atom. The number of nitrogens with two attached hydrogens (primary N) is 1. The SMILES string of the molecule is COc1cccc(CN2CCC(c3nc(N(C)C)ncc3-c3cccc(C(N)=O)c3)CC2)c1. The lowest BCUT2D eigenvalue weighted by Gasteiger charge is -2.32. The van der Waals surface area contributed by atoms with Crippen molar-refractivity contribution in [1.29, 1.82) is 0 Å². The molecule has 7 heteroatoms. The predicted octanol–water partition coefficient (Wildman–Crippen LogP) is 3.70. The minimum Gasteiger partial charge on any atom is -0.497 e. The third-order valence-corrected chi connectivity index (χ3v) is 6.18. The molecule has 4 rings (SSSR count). The van der Waals surface area contributed by atoms with Gasteiger partial charge >= 0.3 is 0 Å². The van der Waals surface area contributed by atoms with E-state index in [-0.39, 0.29) is 0 Å². The van der Waals surface area contributed by atoms with Gasteiger partial charge in [-0.2, -0.15) is 0 Å². The highest BCUT2D eigenvalue weighted by Crippen LogP contribution is 2.35. The van der Waals surface area contributed by atoms with Crippen LogP contribution in [0.15, 0.2) is 54.7 Å². The molecule has 1 aliphatic heterocycles. The van der Waals surface area contributed by atoms with Crippen LogP contribution in [0.25, 0.3) is 11.1 Å². The fraction of sp³-hybridized carbons (Fsp3) is 0.346. The second kappa shape index (κ2) is 10.0. The second-order valence-corrected chi connectivity index (χ2v) is 8.71. The second-order valence-electron chi connectivity index (χ2n) is 8.71. The number of hydrogen-bond acceptors (Lipinski definition) is 6. The first-order valence-electron chi connectivity index (χ1n) is 11.2. The number of likely N-dealkylation sites (tertiary alicyclic amines) is 1. The molecule has 1 saturated heterocycles. The average Bonchev–Trinajstić information content (AvgIpc) is 2.84. The molecule has 2 N–H and O–H groups in total. The Bertz CT molecular complexity index is 1120. The number of amides is 1. The van der Waals surface area contributed by atoms with Crippen LogP contribution in [0, 0.1) is 0 Å². The van der Waals surface area contributed by atoms with Gasteiger partial charge < -0.3 is 15.4 Å². The minimum atomic E-state index is -0.435. The van der Waals surface area contributed by atoms with Crippen molar-refractivity contribution in [2.75, 3.05) is 39.2 Å². The lowest BCUT2D eigenvalue weighted by Crippen LogP contribution is -2.33. The summed E-state index contributed by atoms with van der Waals surface area (Å²) in [6.45, 7) is 2.89. The van der Waals surface area contributed by atoms with E-state index in [9.17, 15) is 4.79 Å². The predicted molar refractivity (Wildman–Crippen MR) is 131 cm³/mol. The fourth-order valence-electron chi connectivity index (χ4n) is 4.37. The van der Waals surface area contributed by atoms with E-state index in [1.807, 2.05) is 55.5 Å². The molecule has 7 nitrogen and oxygen atoms in total. The van der Waals surface area contributed by atoms with Crippen LogP contribution >= 0.6 is 0 Å². The van der Waals surface area contributed by atoms with E-state index < -0.39 is 5.91 Å². The number of anilines is 1. The molecular weight excluding hydrogens is 414 g/mol. The van der Waals surface area contributed by atoms with Crippen molar-refractivity contribution in [3.8, 4) is 16.9 Å².